The topological polar surface area (TPSA) is 75.3 Å². The lowest BCUT2D eigenvalue weighted by Crippen LogP contribution is -2.23. The molecule has 5 nitrogen and oxygen atoms in total. The molecule has 6 heteroatoms. The minimum Gasteiger partial charge on any atom is -0.348 e. The molecule has 0 aromatic heterocycles. The first-order valence-corrected chi connectivity index (χ1v) is 11.4. The molecule has 4 rings (SSSR count). The van der Waals surface area contributed by atoms with Crippen molar-refractivity contribution in [1.82, 2.24) is 5.32 Å². The summed E-state index contributed by atoms with van der Waals surface area (Å²) in [7, 11) is -3.68. The Labute approximate surface area is 181 Å². The van der Waals surface area contributed by atoms with Crippen molar-refractivity contribution in [2.24, 2.45) is 0 Å². The first-order chi connectivity index (χ1) is 14.9. The molecule has 0 aliphatic rings. The number of carbonyl (C=O) groups excluding carboxylic acids is 1. The van der Waals surface area contributed by atoms with Gasteiger partial charge in [-0.05, 0) is 65.2 Å². The van der Waals surface area contributed by atoms with Crippen LogP contribution in [0.1, 0.15) is 21.5 Å². The molecule has 0 aliphatic carbocycles. The van der Waals surface area contributed by atoms with E-state index in [0.717, 1.165) is 16.3 Å². The fraction of sp³-hybridized carbons (Fsp3) is 0.0800. The standard InChI is InChI=1S/C25H22N2O3S/c1-18-15-22(13-14-24(18)27-31(29,30)23-9-3-2-4-10-23)25(28)26-17-19-11-12-20-7-5-6-8-21(20)16-19/h2-16,27H,17H2,1H3,(H,26,28). The summed E-state index contributed by atoms with van der Waals surface area (Å²) >= 11 is 0. The van der Waals surface area contributed by atoms with Crippen molar-refractivity contribution >= 4 is 32.4 Å². The SMILES string of the molecule is Cc1cc(C(=O)NCc2ccc3ccccc3c2)ccc1NS(=O)(=O)c1ccccc1. The third-order valence-electron chi connectivity index (χ3n) is 5.05. The molecule has 0 saturated heterocycles. The van der Waals surface area contributed by atoms with Gasteiger partial charge in [-0.25, -0.2) is 8.42 Å². The minimum absolute atomic E-state index is 0.187. The van der Waals surface area contributed by atoms with Crippen LogP contribution in [0.25, 0.3) is 10.8 Å². The molecule has 0 fully saturated rings. The van der Waals surface area contributed by atoms with E-state index in [2.05, 4.69) is 16.1 Å². The highest BCUT2D eigenvalue weighted by atomic mass is 32.2. The van der Waals surface area contributed by atoms with Crippen molar-refractivity contribution in [3.05, 3.63) is 108 Å². The molecule has 0 bridgehead atoms. The number of anilines is 1. The molecular weight excluding hydrogens is 408 g/mol. The maximum Gasteiger partial charge on any atom is 0.261 e. The summed E-state index contributed by atoms with van der Waals surface area (Å²) in [5.41, 5.74) is 2.59. The lowest BCUT2D eigenvalue weighted by molar-refractivity contribution is 0.0951. The van der Waals surface area contributed by atoms with Crippen LogP contribution in [-0.4, -0.2) is 14.3 Å². The Morgan fingerprint density at radius 3 is 2.26 bits per heavy atom. The highest BCUT2D eigenvalue weighted by Gasteiger charge is 2.15. The van der Waals surface area contributed by atoms with Crippen LogP contribution in [0, 0.1) is 6.92 Å². The van der Waals surface area contributed by atoms with Gasteiger partial charge in [0, 0.05) is 12.1 Å². The summed E-state index contributed by atoms with van der Waals surface area (Å²) in [5, 5.41) is 5.20. The van der Waals surface area contributed by atoms with Gasteiger partial charge in [0.05, 0.1) is 10.6 Å². The molecule has 0 aliphatic heterocycles. The second-order valence-electron chi connectivity index (χ2n) is 7.31. The average molecular weight is 431 g/mol. The molecule has 1 amide bonds. The Morgan fingerprint density at radius 2 is 1.52 bits per heavy atom. The van der Waals surface area contributed by atoms with Crippen molar-refractivity contribution in [2.45, 2.75) is 18.4 Å². The quantitative estimate of drug-likeness (QED) is 0.458. The van der Waals surface area contributed by atoms with Crippen LogP contribution in [0.2, 0.25) is 0 Å². The van der Waals surface area contributed by atoms with Gasteiger partial charge < -0.3 is 5.32 Å². The van der Waals surface area contributed by atoms with E-state index in [-0.39, 0.29) is 10.8 Å². The molecule has 0 unspecified atom stereocenters. The number of carbonyl (C=O) groups is 1. The van der Waals surface area contributed by atoms with Crippen molar-refractivity contribution in [3.8, 4) is 0 Å². The van der Waals surface area contributed by atoms with E-state index in [9.17, 15) is 13.2 Å². The van der Waals surface area contributed by atoms with Gasteiger partial charge >= 0.3 is 0 Å². The number of hydrogen-bond acceptors (Lipinski definition) is 3. The minimum atomic E-state index is -3.68. The van der Waals surface area contributed by atoms with E-state index in [1.165, 1.54) is 12.1 Å². The van der Waals surface area contributed by atoms with Gasteiger partial charge in [-0.1, -0.05) is 54.6 Å². The van der Waals surface area contributed by atoms with Crippen LogP contribution in [0.3, 0.4) is 0 Å². The monoisotopic (exact) mass is 430 g/mol. The van der Waals surface area contributed by atoms with Gasteiger partial charge in [0.2, 0.25) is 0 Å². The van der Waals surface area contributed by atoms with Gasteiger partial charge in [0.15, 0.2) is 0 Å². The van der Waals surface area contributed by atoms with E-state index in [1.807, 2.05) is 36.4 Å². The van der Waals surface area contributed by atoms with Gasteiger partial charge in [-0.2, -0.15) is 0 Å². The molecule has 0 spiro atoms. The highest BCUT2D eigenvalue weighted by Crippen LogP contribution is 2.21. The van der Waals surface area contributed by atoms with Gasteiger partial charge in [-0.3, -0.25) is 9.52 Å². The molecule has 2 N–H and O–H groups in total. The van der Waals surface area contributed by atoms with Gasteiger partial charge in [0.25, 0.3) is 15.9 Å². The summed E-state index contributed by atoms with van der Waals surface area (Å²) < 4.78 is 27.7. The molecule has 0 heterocycles. The van der Waals surface area contributed by atoms with E-state index >= 15 is 0 Å². The Kier molecular flexibility index (Phi) is 5.73. The zero-order chi connectivity index (χ0) is 21.8. The number of hydrogen-bond donors (Lipinski definition) is 2. The number of nitrogens with one attached hydrogen (secondary N) is 2. The van der Waals surface area contributed by atoms with Crippen LogP contribution in [-0.2, 0) is 16.6 Å². The first kappa shape index (κ1) is 20.6. The highest BCUT2D eigenvalue weighted by molar-refractivity contribution is 7.92. The van der Waals surface area contributed by atoms with E-state index in [0.29, 0.717) is 23.4 Å². The summed E-state index contributed by atoms with van der Waals surface area (Å²) in [5.74, 6) is -0.214. The van der Waals surface area contributed by atoms with Crippen LogP contribution in [0.15, 0.2) is 95.9 Å². The molecule has 4 aromatic carbocycles. The summed E-state index contributed by atoms with van der Waals surface area (Å²) in [6.45, 7) is 2.17. The second-order valence-corrected chi connectivity index (χ2v) is 8.99. The third-order valence-corrected chi connectivity index (χ3v) is 6.43. The second kappa shape index (κ2) is 8.62. The Bertz CT molecular complexity index is 1350. The molecule has 156 valence electrons. The van der Waals surface area contributed by atoms with Crippen molar-refractivity contribution in [3.63, 3.8) is 0 Å². The Balaban J connectivity index is 1.45. The van der Waals surface area contributed by atoms with Crippen molar-refractivity contribution in [2.75, 3.05) is 4.72 Å². The fourth-order valence-corrected chi connectivity index (χ4v) is 4.51. The number of sulfonamides is 1. The molecule has 0 radical (unpaired) electrons. The molecule has 31 heavy (non-hydrogen) atoms. The van der Waals surface area contributed by atoms with Crippen LogP contribution in [0.4, 0.5) is 5.69 Å². The number of rotatable bonds is 6. The molecule has 0 saturated carbocycles. The zero-order valence-corrected chi connectivity index (χ0v) is 17.8. The Hall–Kier alpha value is -3.64. The predicted octanol–water partition coefficient (Wildman–Crippen LogP) is 4.88. The van der Waals surface area contributed by atoms with Crippen LogP contribution >= 0.6 is 0 Å². The summed E-state index contributed by atoms with van der Waals surface area (Å²) in [6, 6.07) is 27.2. The summed E-state index contributed by atoms with van der Waals surface area (Å²) in [4.78, 5) is 12.8. The molecular formula is C25H22N2O3S. The number of amides is 1. The zero-order valence-electron chi connectivity index (χ0n) is 17.0. The average Bonchev–Trinajstić information content (AvgIpc) is 2.79. The Morgan fingerprint density at radius 1 is 0.806 bits per heavy atom. The van der Waals surface area contributed by atoms with Gasteiger partial charge in [-0.15, -0.1) is 0 Å². The number of benzene rings is 4. The fourth-order valence-electron chi connectivity index (χ4n) is 3.36. The first-order valence-electron chi connectivity index (χ1n) is 9.87. The number of aryl methyl sites for hydroxylation is 1. The third kappa shape index (κ3) is 4.75. The lowest BCUT2D eigenvalue weighted by atomic mass is 10.1. The van der Waals surface area contributed by atoms with Crippen LogP contribution in [0.5, 0.6) is 0 Å². The van der Waals surface area contributed by atoms with Crippen LogP contribution < -0.4 is 10.0 Å². The van der Waals surface area contributed by atoms with E-state index in [4.69, 9.17) is 0 Å². The summed E-state index contributed by atoms with van der Waals surface area (Å²) in [6.07, 6.45) is 0. The van der Waals surface area contributed by atoms with Crippen molar-refractivity contribution in [1.29, 1.82) is 0 Å². The van der Waals surface area contributed by atoms with Crippen molar-refractivity contribution < 1.29 is 13.2 Å². The van der Waals surface area contributed by atoms with Gasteiger partial charge in [0.1, 0.15) is 0 Å². The van der Waals surface area contributed by atoms with E-state index in [1.54, 1.807) is 43.3 Å². The predicted molar refractivity (Wildman–Crippen MR) is 124 cm³/mol. The largest absolute Gasteiger partial charge is 0.348 e. The maximum absolute atomic E-state index is 12.6. The smallest absolute Gasteiger partial charge is 0.261 e. The normalized spacial score (nSPS) is 11.3. The van der Waals surface area contributed by atoms with E-state index < -0.39 is 10.0 Å². The molecule has 4 aromatic rings. The molecule has 0 atom stereocenters. The lowest BCUT2D eigenvalue weighted by Gasteiger charge is -2.12. The maximum atomic E-state index is 12.6. The number of fused-ring (bicyclic) bond motifs is 1.